The Morgan fingerprint density at radius 1 is 1.00 bits per heavy atom. The molecule has 3 rings (SSSR count). The highest BCUT2D eigenvalue weighted by molar-refractivity contribution is 6.99. The lowest BCUT2D eigenvalue weighted by molar-refractivity contribution is -0.153. The van der Waals surface area contributed by atoms with Crippen molar-refractivity contribution in [2.45, 2.75) is 70.4 Å². The van der Waals surface area contributed by atoms with Crippen LogP contribution in [0.2, 0.25) is 5.04 Å². The molecule has 2 aromatic carbocycles. The van der Waals surface area contributed by atoms with Gasteiger partial charge in [0.05, 0.1) is 11.8 Å². The summed E-state index contributed by atoms with van der Waals surface area (Å²) in [7, 11) is -1.00. The Morgan fingerprint density at radius 3 is 2.05 bits per heavy atom. The van der Waals surface area contributed by atoms with E-state index in [4.69, 9.17) is 4.43 Å². The molecule has 1 fully saturated rings. The second kappa shape index (κ2) is 12.7. The number of nitrogens with zero attached hydrogens (tertiary/aromatic N) is 1. The van der Waals surface area contributed by atoms with Crippen LogP contribution >= 0.6 is 0 Å². The van der Waals surface area contributed by atoms with E-state index in [1.54, 1.807) is 11.9 Å². The standard InChI is InChI=1S/C31H43NO4Si/c1-6-7-8-15-22-32(5)29(33)27-21-20-24(23-28(27)30(34)35)36-37(31(2,3)4,25-16-11-9-12-17-25)26-18-13-10-14-19-26/h6,9-14,16-19,24,27-28H,1,7-8,15,20-23H2,2-5H3,(H,34,35)/t24-,27-,28-/m1/s1. The SMILES string of the molecule is C=CCCCCN(C)C(=O)[C@@H]1CC[C@@H](O[Si](c2ccccc2)(c2ccccc2)C(C)(C)C)C[C@H]1C(=O)O. The highest BCUT2D eigenvalue weighted by atomic mass is 28.4. The van der Waals surface area contributed by atoms with Gasteiger partial charge in [0.2, 0.25) is 5.91 Å². The third-order valence-electron chi connectivity index (χ3n) is 7.72. The summed E-state index contributed by atoms with van der Waals surface area (Å²) in [4.78, 5) is 27.4. The molecular weight excluding hydrogens is 478 g/mol. The summed E-state index contributed by atoms with van der Waals surface area (Å²) in [6.45, 7) is 11.1. The molecule has 0 saturated heterocycles. The summed E-state index contributed by atoms with van der Waals surface area (Å²) < 4.78 is 7.22. The lowest BCUT2D eigenvalue weighted by Gasteiger charge is -2.47. The topological polar surface area (TPSA) is 66.8 Å². The van der Waals surface area contributed by atoms with Gasteiger partial charge in [-0.2, -0.15) is 0 Å². The Hall–Kier alpha value is -2.70. The predicted molar refractivity (Wildman–Crippen MR) is 153 cm³/mol. The van der Waals surface area contributed by atoms with Crippen LogP contribution in [0.25, 0.3) is 0 Å². The van der Waals surface area contributed by atoms with Crippen LogP contribution in [-0.2, 0) is 14.0 Å². The molecule has 0 heterocycles. The lowest BCUT2D eigenvalue weighted by Crippen LogP contribution is -2.68. The highest BCUT2D eigenvalue weighted by Gasteiger charge is 2.53. The summed E-state index contributed by atoms with van der Waals surface area (Å²) in [6.07, 6.45) is 5.99. The Labute approximate surface area is 223 Å². The average Bonchev–Trinajstić information content (AvgIpc) is 2.89. The Balaban J connectivity index is 1.88. The number of rotatable bonds is 11. The smallest absolute Gasteiger partial charge is 0.307 e. The zero-order valence-electron chi connectivity index (χ0n) is 22.9. The van der Waals surface area contributed by atoms with Gasteiger partial charge in [-0.15, -0.1) is 6.58 Å². The Kier molecular flexibility index (Phi) is 9.91. The molecule has 5 nitrogen and oxygen atoms in total. The predicted octanol–water partition coefficient (Wildman–Crippen LogP) is 5.25. The van der Waals surface area contributed by atoms with E-state index in [0.29, 0.717) is 25.8 Å². The van der Waals surface area contributed by atoms with Crippen LogP contribution in [0.5, 0.6) is 0 Å². The van der Waals surface area contributed by atoms with E-state index in [1.165, 1.54) is 10.4 Å². The third kappa shape index (κ3) is 6.60. The van der Waals surface area contributed by atoms with Crippen molar-refractivity contribution in [3.8, 4) is 0 Å². The first-order valence-corrected chi connectivity index (χ1v) is 15.4. The van der Waals surface area contributed by atoms with Gasteiger partial charge < -0.3 is 14.4 Å². The second-order valence-corrected chi connectivity index (χ2v) is 15.6. The van der Waals surface area contributed by atoms with E-state index in [1.807, 2.05) is 18.2 Å². The fourth-order valence-electron chi connectivity index (χ4n) is 5.78. The van der Waals surface area contributed by atoms with Crippen LogP contribution in [0.3, 0.4) is 0 Å². The number of carbonyl (C=O) groups excluding carboxylic acids is 1. The molecule has 0 radical (unpaired) electrons. The molecule has 1 aliphatic rings. The van der Waals surface area contributed by atoms with Crippen LogP contribution < -0.4 is 10.4 Å². The van der Waals surface area contributed by atoms with Gasteiger partial charge in [-0.05, 0) is 53.9 Å². The quantitative estimate of drug-likeness (QED) is 0.249. The van der Waals surface area contributed by atoms with Gasteiger partial charge in [-0.25, -0.2) is 0 Å². The fraction of sp³-hybridized carbons (Fsp3) is 0.484. The van der Waals surface area contributed by atoms with E-state index in [9.17, 15) is 14.7 Å². The van der Waals surface area contributed by atoms with Gasteiger partial charge in [0.15, 0.2) is 0 Å². The van der Waals surface area contributed by atoms with Crippen molar-refractivity contribution in [1.82, 2.24) is 4.90 Å². The maximum Gasteiger partial charge on any atom is 0.307 e. The summed E-state index contributed by atoms with van der Waals surface area (Å²) >= 11 is 0. The molecule has 0 bridgehead atoms. The molecule has 2 aromatic rings. The number of aliphatic carboxylic acids is 1. The van der Waals surface area contributed by atoms with Crippen molar-refractivity contribution in [2.24, 2.45) is 11.8 Å². The number of carboxylic acids is 1. The molecule has 37 heavy (non-hydrogen) atoms. The molecule has 6 heteroatoms. The molecule has 3 atom stereocenters. The third-order valence-corrected chi connectivity index (χ3v) is 12.8. The van der Waals surface area contributed by atoms with Gasteiger partial charge in [-0.3, -0.25) is 9.59 Å². The van der Waals surface area contributed by atoms with Crippen LogP contribution in [0, 0.1) is 11.8 Å². The first-order chi connectivity index (χ1) is 17.6. The maximum absolute atomic E-state index is 13.3. The summed E-state index contributed by atoms with van der Waals surface area (Å²) in [5.74, 6) is -2.23. The zero-order chi connectivity index (χ0) is 27.1. The monoisotopic (exact) mass is 521 g/mol. The summed E-state index contributed by atoms with van der Waals surface area (Å²) in [5.41, 5.74) is 0. The number of allylic oxidation sites excluding steroid dienone is 1. The molecule has 1 N–H and O–H groups in total. The minimum Gasteiger partial charge on any atom is -0.481 e. The molecule has 0 aliphatic heterocycles. The van der Waals surface area contributed by atoms with E-state index in [2.05, 4.69) is 75.9 Å². The highest BCUT2D eigenvalue weighted by Crippen LogP contribution is 2.41. The van der Waals surface area contributed by atoms with E-state index in [-0.39, 0.29) is 17.0 Å². The van der Waals surface area contributed by atoms with E-state index < -0.39 is 26.1 Å². The Morgan fingerprint density at radius 2 is 1.57 bits per heavy atom. The van der Waals surface area contributed by atoms with Crippen molar-refractivity contribution in [3.05, 3.63) is 73.3 Å². The van der Waals surface area contributed by atoms with Crippen molar-refractivity contribution in [2.75, 3.05) is 13.6 Å². The van der Waals surface area contributed by atoms with E-state index in [0.717, 1.165) is 19.3 Å². The number of hydrogen-bond donors (Lipinski definition) is 1. The van der Waals surface area contributed by atoms with Crippen molar-refractivity contribution in [3.63, 3.8) is 0 Å². The van der Waals surface area contributed by atoms with Crippen molar-refractivity contribution >= 4 is 30.6 Å². The summed E-state index contributed by atoms with van der Waals surface area (Å²) in [6, 6.07) is 20.8. The zero-order valence-corrected chi connectivity index (χ0v) is 23.9. The number of benzene rings is 2. The number of carboxylic acid groups (broad SMARTS) is 1. The number of carbonyl (C=O) groups is 2. The van der Waals surface area contributed by atoms with Crippen LogP contribution in [0.15, 0.2) is 73.3 Å². The molecule has 1 aliphatic carbocycles. The van der Waals surface area contributed by atoms with E-state index >= 15 is 0 Å². The molecule has 0 aromatic heterocycles. The molecular formula is C31H43NO4Si. The molecule has 0 unspecified atom stereocenters. The van der Waals surface area contributed by atoms with Gasteiger partial charge >= 0.3 is 5.97 Å². The molecule has 1 saturated carbocycles. The largest absolute Gasteiger partial charge is 0.481 e. The minimum absolute atomic E-state index is 0.0603. The van der Waals surface area contributed by atoms with Crippen LogP contribution in [0.1, 0.15) is 59.3 Å². The first kappa shape index (κ1) is 28.9. The number of hydrogen-bond acceptors (Lipinski definition) is 3. The normalized spacial score (nSPS) is 20.3. The lowest BCUT2D eigenvalue weighted by atomic mass is 9.77. The van der Waals surface area contributed by atoms with Crippen molar-refractivity contribution in [1.29, 1.82) is 0 Å². The maximum atomic E-state index is 13.3. The van der Waals surface area contributed by atoms with Gasteiger partial charge in [-0.1, -0.05) is 87.5 Å². The second-order valence-electron chi connectivity index (χ2n) is 11.3. The molecule has 200 valence electrons. The van der Waals surface area contributed by atoms with Crippen LogP contribution in [0.4, 0.5) is 0 Å². The molecule has 0 spiro atoms. The number of unbranched alkanes of at least 4 members (excludes halogenated alkanes) is 2. The summed E-state index contributed by atoms with van der Waals surface area (Å²) in [5, 5.41) is 12.3. The van der Waals surface area contributed by atoms with Gasteiger partial charge in [0, 0.05) is 19.7 Å². The van der Waals surface area contributed by atoms with Crippen LogP contribution in [-0.4, -0.2) is 49.9 Å². The first-order valence-electron chi connectivity index (χ1n) is 13.5. The minimum atomic E-state index is -2.79. The van der Waals surface area contributed by atoms with Gasteiger partial charge in [0.25, 0.3) is 8.32 Å². The average molecular weight is 522 g/mol. The fourth-order valence-corrected chi connectivity index (χ4v) is 10.5. The number of amides is 1. The Bertz CT molecular complexity index is 995. The molecule has 1 amide bonds. The van der Waals surface area contributed by atoms with Crippen molar-refractivity contribution < 1.29 is 19.1 Å². The van der Waals surface area contributed by atoms with Gasteiger partial charge in [0.1, 0.15) is 0 Å².